The van der Waals surface area contributed by atoms with Gasteiger partial charge >= 0.3 is 0 Å². The summed E-state index contributed by atoms with van der Waals surface area (Å²) in [5.74, 6) is -0.562. The number of hydrogen-bond donors (Lipinski definition) is 1. The third kappa shape index (κ3) is 3.68. The van der Waals surface area contributed by atoms with E-state index in [0.717, 1.165) is 0 Å². The van der Waals surface area contributed by atoms with Crippen LogP contribution in [0.1, 0.15) is 13.3 Å². The number of sulfone groups is 1. The van der Waals surface area contributed by atoms with Gasteiger partial charge in [0, 0.05) is 19.2 Å². The lowest BCUT2D eigenvalue weighted by atomic mass is 10.2. The third-order valence-corrected chi connectivity index (χ3v) is 4.23. The minimum absolute atomic E-state index is 0.313. The van der Waals surface area contributed by atoms with Gasteiger partial charge in [0.2, 0.25) is 0 Å². The molecule has 106 valence electrons. The van der Waals surface area contributed by atoms with Gasteiger partial charge in [-0.05, 0) is 19.1 Å². The molecule has 19 heavy (non-hydrogen) atoms. The van der Waals surface area contributed by atoms with Gasteiger partial charge < -0.3 is 14.8 Å². The molecule has 5 nitrogen and oxygen atoms in total. The molecule has 1 fully saturated rings. The Morgan fingerprint density at radius 3 is 2.53 bits per heavy atom. The van der Waals surface area contributed by atoms with E-state index in [9.17, 15) is 8.42 Å². The average Bonchev–Trinajstić information content (AvgIpc) is 2.76. The van der Waals surface area contributed by atoms with Crippen molar-refractivity contribution in [3.05, 3.63) is 24.3 Å². The Bertz CT molecular complexity index is 535. The highest BCUT2D eigenvalue weighted by Crippen LogP contribution is 2.24. The van der Waals surface area contributed by atoms with Crippen LogP contribution in [0.2, 0.25) is 0 Å². The van der Waals surface area contributed by atoms with E-state index >= 15 is 0 Å². The molecular weight excluding hydrogens is 266 g/mol. The molecule has 1 saturated heterocycles. The van der Waals surface area contributed by atoms with E-state index in [2.05, 4.69) is 5.32 Å². The summed E-state index contributed by atoms with van der Waals surface area (Å²) in [5, 5.41) is 3.13. The summed E-state index contributed by atoms with van der Waals surface area (Å²) in [6.45, 7) is 3.69. The van der Waals surface area contributed by atoms with Gasteiger partial charge in [0.05, 0.1) is 23.8 Å². The average molecular weight is 285 g/mol. The van der Waals surface area contributed by atoms with Crippen molar-refractivity contribution < 1.29 is 17.9 Å². The van der Waals surface area contributed by atoms with Crippen molar-refractivity contribution in [1.29, 1.82) is 0 Å². The number of rotatable bonds is 5. The predicted molar refractivity (Wildman–Crippen MR) is 73.0 cm³/mol. The second-order valence-electron chi connectivity index (χ2n) is 4.78. The molecule has 0 aromatic heterocycles. The fourth-order valence-electron chi connectivity index (χ4n) is 2.06. The maximum Gasteiger partial charge on any atom is 0.177 e. The van der Waals surface area contributed by atoms with E-state index in [1.165, 1.54) is 6.26 Å². The lowest BCUT2D eigenvalue weighted by molar-refractivity contribution is -0.144. The molecule has 0 aliphatic carbocycles. The normalized spacial score (nSPS) is 18.4. The van der Waals surface area contributed by atoms with Crippen LogP contribution in [0.25, 0.3) is 0 Å². The minimum Gasteiger partial charge on any atom is -0.384 e. The van der Waals surface area contributed by atoms with Crippen molar-refractivity contribution in [1.82, 2.24) is 0 Å². The summed E-state index contributed by atoms with van der Waals surface area (Å²) in [6, 6.07) is 6.88. The van der Waals surface area contributed by atoms with Gasteiger partial charge in [0.15, 0.2) is 15.6 Å². The van der Waals surface area contributed by atoms with Crippen LogP contribution in [-0.4, -0.2) is 40.2 Å². The first kappa shape index (κ1) is 14.3. The van der Waals surface area contributed by atoms with Crippen LogP contribution in [0.3, 0.4) is 0 Å². The first-order valence-electron chi connectivity index (χ1n) is 6.22. The molecule has 1 N–H and O–H groups in total. The maximum atomic E-state index is 11.6. The second kappa shape index (κ2) is 5.48. The van der Waals surface area contributed by atoms with Gasteiger partial charge in [0.1, 0.15) is 0 Å². The number of benzene rings is 1. The highest BCUT2D eigenvalue weighted by molar-refractivity contribution is 7.90. The standard InChI is InChI=1S/C13H19NO4S/c1-13(17-9-10-18-13)7-8-14-11-5-3-4-6-12(11)19(2,15)16/h3-6,14H,7-10H2,1-2H3. The first-order valence-corrected chi connectivity index (χ1v) is 8.11. The van der Waals surface area contributed by atoms with Gasteiger partial charge in [-0.1, -0.05) is 12.1 Å². The second-order valence-corrected chi connectivity index (χ2v) is 6.76. The highest BCUT2D eigenvalue weighted by Gasteiger charge is 2.30. The van der Waals surface area contributed by atoms with Crippen LogP contribution in [0, 0.1) is 0 Å². The topological polar surface area (TPSA) is 64.6 Å². The molecule has 1 aliphatic heterocycles. The van der Waals surface area contributed by atoms with Crippen LogP contribution in [0.15, 0.2) is 29.2 Å². The quantitative estimate of drug-likeness (QED) is 0.891. The van der Waals surface area contributed by atoms with Crippen molar-refractivity contribution in [3.8, 4) is 0 Å². The Morgan fingerprint density at radius 1 is 1.26 bits per heavy atom. The molecule has 1 aromatic rings. The fraction of sp³-hybridized carbons (Fsp3) is 0.538. The zero-order valence-corrected chi connectivity index (χ0v) is 12.0. The Balaban J connectivity index is 2.00. The molecule has 0 saturated carbocycles. The highest BCUT2D eigenvalue weighted by atomic mass is 32.2. The largest absolute Gasteiger partial charge is 0.384 e. The zero-order valence-electron chi connectivity index (χ0n) is 11.2. The zero-order chi connectivity index (χ0) is 13.9. The smallest absolute Gasteiger partial charge is 0.177 e. The van der Waals surface area contributed by atoms with Crippen LogP contribution >= 0.6 is 0 Å². The number of ether oxygens (including phenoxy) is 2. The summed E-state index contributed by atoms with van der Waals surface area (Å²) in [7, 11) is -3.22. The van der Waals surface area contributed by atoms with E-state index in [4.69, 9.17) is 9.47 Å². The van der Waals surface area contributed by atoms with E-state index < -0.39 is 15.6 Å². The first-order chi connectivity index (χ1) is 8.91. The SMILES string of the molecule is CC1(CCNc2ccccc2S(C)(=O)=O)OCCO1. The van der Waals surface area contributed by atoms with Crippen molar-refractivity contribution in [2.45, 2.75) is 24.0 Å². The molecule has 1 aliphatic rings. The van der Waals surface area contributed by atoms with Crippen LogP contribution in [-0.2, 0) is 19.3 Å². The fourth-order valence-corrected chi connectivity index (χ4v) is 2.93. The molecule has 0 unspecified atom stereocenters. The monoisotopic (exact) mass is 285 g/mol. The van der Waals surface area contributed by atoms with Crippen molar-refractivity contribution >= 4 is 15.5 Å². The van der Waals surface area contributed by atoms with E-state index in [-0.39, 0.29) is 0 Å². The molecule has 6 heteroatoms. The van der Waals surface area contributed by atoms with Gasteiger partial charge in [0.25, 0.3) is 0 Å². The number of para-hydroxylation sites is 1. The lowest BCUT2D eigenvalue weighted by Gasteiger charge is -2.22. The molecule has 0 amide bonds. The van der Waals surface area contributed by atoms with E-state index in [1.54, 1.807) is 24.3 Å². The summed E-state index contributed by atoms with van der Waals surface area (Å²) in [4.78, 5) is 0.313. The molecule has 0 radical (unpaired) electrons. The molecular formula is C13H19NO4S. The summed E-state index contributed by atoms with van der Waals surface area (Å²) >= 11 is 0. The minimum atomic E-state index is -3.22. The Labute approximate surface area is 113 Å². The summed E-state index contributed by atoms with van der Waals surface area (Å²) in [5.41, 5.74) is 0.617. The molecule has 1 heterocycles. The van der Waals surface area contributed by atoms with Crippen molar-refractivity contribution in [2.24, 2.45) is 0 Å². The lowest BCUT2D eigenvalue weighted by Crippen LogP contribution is -2.28. The maximum absolute atomic E-state index is 11.6. The number of hydrogen-bond acceptors (Lipinski definition) is 5. The van der Waals surface area contributed by atoms with Crippen LogP contribution < -0.4 is 5.32 Å². The van der Waals surface area contributed by atoms with Crippen molar-refractivity contribution in [3.63, 3.8) is 0 Å². The predicted octanol–water partition coefficient (Wildman–Crippen LogP) is 1.66. The van der Waals surface area contributed by atoms with Crippen LogP contribution in [0.4, 0.5) is 5.69 Å². The van der Waals surface area contributed by atoms with Gasteiger partial charge in [-0.15, -0.1) is 0 Å². The number of anilines is 1. The third-order valence-electron chi connectivity index (χ3n) is 3.08. The summed E-state index contributed by atoms with van der Waals surface area (Å²) in [6.07, 6.45) is 1.86. The van der Waals surface area contributed by atoms with E-state index in [1.807, 2.05) is 6.92 Å². The molecule has 1 aromatic carbocycles. The Hall–Kier alpha value is -1.11. The molecule has 2 rings (SSSR count). The van der Waals surface area contributed by atoms with E-state index in [0.29, 0.717) is 36.8 Å². The number of nitrogens with one attached hydrogen (secondary N) is 1. The molecule has 0 bridgehead atoms. The van der Waals surface area contributed by atoms with Gasteiger partial charge in [-0.25, -0.2) is 8.42 Å². The summed E-state index contributed by atoms with van der Waals surface area (Å²) < 4.78 is 34.3. The van der Waals surface area contributed by atoms with Gasteiger partial charge in [-0.2, -0.15) is 0 Å². The Morgan fingerprint density at radius 2 is 1.89 bits per heavy atom. The molecule has 0 atom stereocenters. The van der Waals surface area contributed by atoms with Crippen molar-refractivity contribution in [2.75, 3.05) is 31.3 Å². The van der Waals surface area contributed by atoms with Crippen LogP contribution in [0.5, 0.6) is 0 Å². The molecule has 0 spiro atoms. The van der Waals surface area contributed by atoms with Gasteiger partial charge in [-0.3, -0.25) is 0 Å². The Kier molecular flexibility index (Phi) is 4.13.